The van der Waals surface area contributed by atoms with Crippen LogP contribution in [0.5, 0.6) is 0 Å². The molecule has 6 heteroatoms. The standard InChI is InChI=1S/4C4H9O.CH3.Al.Mg/c4*1-4(2,3)5;;;/h4*1-3H3;1H3;;/q4*-1;;2*+2. The first kappa shape index (κ1) is 31.9. The topological polar surface area (TPSA) is 64.6 Å². The Morgan fingerprint density at radius 1 is 0.565 bits per heavy atom. The summed E-state index contributed by atoms with van der Waals surface area (Å²) in [6.45, 7) is 22.1. The third-order valence-corrected chi connectivity index (χ3v) is 3.12. The van der Waals surface area contributed by atoms with Crippen LogP contribution in [0.3, 0.4) is 0 Å². The van der Waals surface area contributed by atoms with E-state index in [-0.39, 0.29) is 34.3 Å². The van der Waals surface area contributed by atoms with E-state index in [1.54, 1.807) is 41.5 Å². The molecule has 0 aromatic heterocycles. The van der Waals surface area contributed by atoms with Crippen LogP contribution in [0.15, 0.2) is 0 Å². The maximum absolute atomic E-state index is 10.1. The van der Waals surface area contributed by atoms with Gasteiger partial charge in [0.25, 0.3) is 0 Å². The molecule has 0 bridgehead atoms. The maximum Gasteiger partial charge on any atom is 2.00 e. The van der Waals surface area contributed by atoms with Gasteiger partial charge < -0.3 is 17.8 Å². The predicted molar refractivity (Wildman–Crippen MR) is 98.6 cm³/mol. The van der Waals surface area contributed by atoms with Gasteiger partial charge in [-0.1, -0.05) is 47.3 Å². The van der Waals surface area contributed by atoms with Crippen molar-refractivity contribution in [1.29, 1.82) is 0 Å². The van der Waals surface area contributed by atoms with Gasteiger partial charge in [-0.3, -0.25) is 0 Å². The average Bonchev–Trinajstić information content (AvgIpc) is 1.85. The summed E-state index contributed by atoms with van der Waals surface area (Å²) in [4.78, 5) is 0. The zero-order valence-corrected chi connectivity index (χ0v) is 20.5. The first-order valence-electron chi connectivity index (χ1n) is 7.87. The first-order chi connectivity index (χ1) is 9.10. The van der Waals surface area contributed by atoms with Crippen molar-refractivity contribution in [2.24, 2.45) is 0 Å². The Morgan fingerprint density at radius 2 is 0.696 bits per heavy atom. The fourth-order valence-corrected chi connectivity index (χ4v) is 3.06. The van der Waals surface area contributed by atoms with Gasteiger partial charge in [-0.2, -0.15) is 0 Å². The Bertz CT molecular complexity index is 230. The minimum absolute atomic E-state index is 0. The monoisotopic (exact) mass is 358 g/mol. The minimum Gasteiger partial charge on any atom is -0.850 e. The van der Waals surface area contributed by atoms with Crippen molar-refractivity contribution in [1.82, 2.24) is 0 Å². The van der Waals surface area contributed by atoms with Gasteiger partial charge in [0.2, 0.25) is 0 Å². The van der Waals surface area contributed by atoms with Crippen LogP contribution in [0.25, 0.3) is 0 Å². The van der Waals surface area contributed by atoms with Gasteiger partial charge in [0.05, 0.1) is 0 Å². The summed E-state index contributed by atoms with van der Waals surface area (Å²) in [5, 5.41) is 20.2. The Balaban J connectivity index is -0.000000137. The van der Waals surface area contributed by atoms with Crippen LogP contribution in [0.4, 0.5) is 0 Å². The molecule has 0 aromatic rings. The summed E-state index contributed by atoms with van der Waals surface area (Å²) in [6.07, 6.45) is 0. The molecule has 0 spiro atoms. The second kappa shape index (κ2) is 12.5. The van der Waals surface area contributed by atoms with E-state index in [2.05, 4.69) is 47.3 Å². The molecule has 0 fully saturated rings. The first-order valence-corrected chi connectivity index (χ1v) is 9.96. The normalized spacial score (nSPS) is 12.1. The van der Waals surface area contributed by atoms with E-state index in [0.717, 1.165) is 0 Å². The van der Waals surface area contributed by atoms with Gasteiger partial charge in [-0.25, -0.2) is 0 Å². The molecule has 0 saturated carbocycles. The van der Waals surface area contributed by atoms with Gasteiger partial charge in [-0.15, -0.1) is 11.2 Å². The van der Waals surface area contributed by atoms with E-state index >= 15 is 0 Å². The number of hydrogen-bond donors (Lipinski definition) is 0. The molecule has 23 heavy (non-hydrogen) atoms. The summed E-state index contributed by atoms with van der Waals surface area (Å²) in [7, 11) is 0. The smallest absolute Gasteiger partial charge is 0.850 e. The molecule has 4 nitrogen and oxygen atoms in total. The van der Waals surface area contributed by atoms with Crippen molar-refractivity contribution in [2.45, 2.75) is 111 Å². The van der Waals surface area contributed by atoms with Gasteiger partial charge in [0.15, 0.2) is 0 Å². The van der Waals surface area contributed by atoms with Gasteiger partial charge in [0.1, 0.15) is 0 Å². The van der Waals surface area contributed by atoms with Crippen molar-refractivity contribution in [3.05, 3.63) is 0 Å². The Labute approximate surface area is 166 Å². The van der Waals surface area contributed by atoms with Crippen molar-refractivity contribution in [2.75, 3.05) is 0 Å². The zero-order chi connectivity index (χ0) is 19.0. The third kappa shape index (κ3) is 83.3. The van der Waals surface area contributed by atoms with Gasteiger partial charge in [-0.05, 0) is 41.5 Å². The van der Waals surface area contributed by atoms with Crippen molar-refractivity contribution < 1.29 is 17.8 Å². The summed E-state index contributed by atoms with van der Waals surface area (Å²) in [6, 6.07) is 0. The molecular weight excluding hydrogens is 319 g/mol. The molecule has 0 aliphatic carbocycles. The molecular formula is C17H39AlMgO4. The Morgan fingerprint density at radius 3 is 0.783 bits per heavy atom. The molecule has 0 atom stereocenters. The van der Waals surface area contributed by atoms with E-state index in [4.69, 9.17) is 7.58 Å². The Hall–Kier alpha value is 1.14. The number of rotatable bonds is 2. The van der Waals surface area contributed by atoms with Crippen LogP contribution in [0.2, 0.25) is 5.79 Å². The molecule has 0 saturated heterocycles. The van der Waals surface area contributed by atoms with Crippen LogP contribution in [0, 0.1) is 0 Å². The van der Waals surface area contributed by atoms with Crippen molar-refractivity contribution in [3.8, 4) is 0 Å². The van der Waals surface area contributed by atoms with Crippen LogP contribution in [-0.2, 0) is 7.58 Å². The van der Waals surface area contributed by atoms with Crippen LogP contribution in [-0.4, -0.2) is 60.3 Å². The molecule has 0 amide bonds. The minimum atomic E-state index is -1.45. The predicted octanol–water partition coefficient (Wildman–Crippen LogP) is 2.64. The van der Waals surface area contributed by atoms with Crippen LogP contribution in [0.1, 0.15) is 83.1 Å². The summed E-state index contributed by atoms with van der Waals surface area (Å²) in [5.41, 5.74) is -1.65. The molecule has 0 heterocycles. The summed E-state index contributed by atoms with van der Waals surface area (Å²) in [5.74, 6) is 2.07. The van der Waals surface area contributed by atoms with Crippen molar-refractivity contribution in [3.63, 3.8) is 0 Å². The maximum atomic E-state index is 10.1. The average molecular weight is 359 g/mol. The molecule has 0 aromatic carbocycles. The van der Waals surface area contributed by atoms with E-state index in [0.29, 0.717) is 0 Å². The van der Waals surface area contributed by atoms with Crippen LogP contribution < -0.4 is 10.2 Å². The second-order valence-corrected chi connectivity index (χ2v) is 10.9. The van der Waals surface area contributed by atoms with E-state index in [1.807, 2.05) is 0 Å². The van der Waals surface area contributed by atoms with Gasteiger partial charge in [0, 0.05) is 11.2 Å². The number of hydrogen-bond acceptors (Lipinski definition) is 4. The SMILES string of the molecule is CC(C)(C)[O-].CC(C)(C)[O-].[CH3][Al]([O]C(C)(C)C)[O]C(C)(C)C.[Mg+2]. The van der Waals surface area contributed by atoms with E-state index in [1.165, 1.54) is 0 Å². The molecule has 0 unspecified atom stereocenters. The summed E-state index contributed by atoms with van der Waals surface area (Å²) < 4.78 is 11.5. The molecule has 136 valence electrons. The van der Waals surface area contributed by atoms with Crippen molar-refractivity contribution >= 4 is 37.9 Å². The van der Waals surface area contributed by atoms with E-state index < -0.39 is 26.0 Å². The second-order valence-electron chi connectivity index (χ2n) is 9.25. The fourth-order valence-electron chi connectivity index (χ4n) is 1.02. The zero-order valence-electron chi connectivity index (χ0n) is 17.9. The molecule has 0 radical (unpaired) electrons. The molecule has 0 aliphatic heterocycles. The molecule has 0 aliphatic rings. The summed E-state index contributed by atoms with van der Waals surface area (Å²) >= 11 is -1.45. The van der Waals surface area contributed by atoms with Gasteiger partial charge >= 0.3 is 37.9 Å². The third-order valence-electron chi connectivity index (χ3n) is 1.04. The molecule has 0 rings (SSSR count). The van der Waals surface area contributed by atoms with E-state index in [9.17, 15) is 10.2 Å². The van der Waals surface area contributed by atoms with Crippen LogP contribution >= 0.6 is 0 Å². The molecule has 0 N–H and O–H groups in total. The fraction of sp³-hybridized carbons (Fsp3) is 1.00. The Kier molecular flexibility index (Phi) is 17.3. The largest absolute Gasteiger partial charge is 2.00 e. The quantitative estimate of drug-likeness (QED) is 0.712.